The Bertz CT molecular complexity index is 526. The predicted octanol–water partition coefficient (Wildman–Crippen LogP) is 1.56. The zero-order chi connectivity index (χ0) is 16.6. The van der Waals surface area contributed by atoms with Gasteiger partial charge in [-0.25, -0.2) is 0 Å². The number of carbonyl (C=O) groups excluding carboxylic acids is 2. The van der Waals surface area contributed by atoms with Crippen molar-refractivity contribution in [3.8, 4) is 0 Å². The largest absolute Gasteiger partial charge is 0.380 e. The molecule has 5 heteroatoms. The molecule has 4 atom stereocenters. The molecule has 126 valence electrons. The number of nitrogens with zero attached hydrogens (tertiary/aromatic N) is 1. The lowest BCUT2D eigenvalue weighted by molar-refractivity contribution is -0.118. The number of nitrogens with two attached hydrogens (primary N) is 1. The van der Waals surface area contributed by atoms with E-state index in [1.54, 1.807) is 0 Å². The zero-order valence-electron chi connectivity index (χ0n) is 13.7. The highest BCUT2D eigenvalue weighted by atomic mass is 16.1. The van der Waals surface area contributed by atoms with Gasteiger partial charge in [0.1, 0.15) is 0 Å². The molecule has 2 unspecified atom stereocenters. The molecule has 2 saturated carbocycles. The first-order chi connectivity index (χ1) is 11.0. The van der Waals surface area contributed by atoms with E-state index in [2.05, 4.69) is 18.5 Å². The van der Waals surface area contributed by atoms with Gasteiger partial charge in [0.2, 0.25) is 12.3 Å². The number of hydrogen-bond donors (Lipinski definition) is 2. The van der Waals surface area contributed by atoms with Crippen molar-refractivity contribution < 1.29 is 9.59 Å². The highest BCUT2D eigenvalue weighted by Crippen LogP contribution is 2.46. The second-order valence-corrected chi connectivity index (χ2v) is 7.39. The number of carbonyl (C=O) groups is 2. The molecular formula is C18H27N3O2. The molecule has 0 radical (unpaired) electrons. The van der Waals surface area contributed by atoms with Gasteiger partial charge in [-0.1, -0.05) is 32.4 Å². The molecule has 2 aliphatic carbocycles. The third kappa shape index (κ3) is 3.01. The van der Waals surface area contributed by atoms with Crippen LogP contribution in [-0.2, 0) is 9.59 Å². The van der Waals surface area contributed by atoms with Crippen LogP contribution in [0.25, 0.3) is 0 Å². The first kappa shape index (κ1) is 16.1. The summed E-state index contributed by atoms with van der Waals surface area (Å²) in [4.78, 5) is 24.8. The van der Waals surface area contributed by atoms with Gasteiger partial charge in [0.15, 0.2) is 0 Å². The summed E-state index contributed by atoms with van der Waals surface area (Å²) in [6.07, 6.45) is 7.79. The molecule has 0 aromatic carbocycles. The van der Waals surface area contributed by atoms with Gasteiger partial charge in [-0.3, -0.25) is 9.59 Å². The molecule has 0 spiro atoms. The van der Waals surface area contributed by atoms with Gasteiger partial charge >= 0.3 is 0 Å². The number of amides is 2. The molecule has 0 bridgehead atoms. The van der Waals surface area contributed by atoms with E-state index in [1.165, 1.54) is 25.7 Å². The van der Waals surface area contributed by atoms with Gasteiger partial charge in [0.25, 0.3) is 0 Å². The van der Waals surface area contributed by atoms with Crippen LogP contribution in [0.2, 0.25) is 0 Å². The van der Waals surface area contributed by atoms with Crippen molar-refractivity contribution in [2.75, 3.05) is 6.54 Å². The molecule has 3 fully saturated rings. The summed E-state index contributed by atoms with van der Waals surface area (Å²) in [5, 5.41) is 3.39. The van der Waals surface area contributed by atoms with Crippen molar-refractivity contribution in [2.24, 2.45) is 23.5 Å². The lowest BCUT2D eigenvalue weighted by Crippen LogP contribution is -2.45. The molecular weight excluding hydrogens is 290 g/mol. The minimum atomic E-state index is -0.463. The number of fused-ring (bicyclic) bond motifs is 1. The first-order valence-corrected chi connectivity index (χ1v) is 8.66. The molecule has 23 heavy (non-hydrogen) atoms. The Balaban J connectivity index is 1.67. The molecule has 0 aromatic heterocycles. The maximum atomic E-state index is 11.6. The van der Waals surface area contributed by atoms with Crippen molar-refractivity contribution in [3.05, 3.63) is 24.4 Å². The third-order valence-corrected chi connectivity index (χ3v) is 6.07. The Kier molecular flexibility index (Phi) is 4.46. The molecule has 2 amide bonds. The lowest BCUT2D eigenvalue weighted by Gasteiger charge is -2.37. The maximum Gasteiger partial charge on any atom is 0.246 e. The summed E-state index contributed by atoms with van der Waals surface area (Å²) in [7, 11) is 0. The van der Waals surface area contributed by atoms with E-state index < -0.39 is 5.91 Å². The fraction of sp³-hybridized carbons (Fsp3) is 0.667. The maximum absolute atomic E-state index is 11.6. The summed E-state index contributed by atoms with van der Waals surface area (Å²) in [5.74, 6) is 1.27. The highest BCUT2D eigenvalue weighted by molar-refractivity contribution is 5.92. The molecule has 3 aliphatic rings. The third-order valence-electron chi connectivity index (χ3n) is 6.07. The van der Waals surface area contributed by atoms with Crippen LogP contribution < -0.4 is 11.1 Å². The Morgan fingerprint density at radius 2 is 2.04 bits per heavy atom. The standard InChI is InChI=1S/C18H27N3O2/c1-11(18(19)23)16(8-13-4-3-5-13)20-12(2)17-15-7-6-14(15)9-21(17)10-22/h10,13-17,20H,1-9H2,(H2,19,23)/t14-,15-,16?,17?/m0/s1. The van der Waals surface area contributed by atoms with Crippen molar-refractivity contribution in [3.63, 3.8) is 0 Å². The average Bonchev–Trinajstić information content (AvgIpc) is 2.71. The van der Waals surface area contributed by atoms with Crippen LogP contribution >= 0.6 is 0 Å². The van der Waals surface area contributed by atoms with Crippen LogP contribution in [0.5, 0.6) is 0 Å². The zero-order valence-corrected chi connectivity index (χ0v) is 13.7. The Hall–Kier alpha value is -1.78. The van der Waals surface area contributed by atoms with Crippen LogP contribution in [0.4, 0.5) is 0 Å². The fourth-order valence-electron chi connectivity index (χ4n) is 4.27. The Labute approximate surface area is 138 Å². The Morgan fingerprint density at radius 1 is 1.30 bits per heavy atom. The van der Waals surface area contributed by atoms with E-state index in [0.717, 1.165) is 31.5 Å². The minimum absolute atomic E-state index is 0.0378. The van der Waals surface area contributed by atoms with Gasteiger partial charge in [-0.15, -0.1) is 0 Å². The van der Waals surface area contributed by atoms with E-state index >= 15 is 0 Å². The van der Waals surface area contributed by atoms with Crippen LogP contribution in [0.3, 0.4) is 0 Å². The SMILES string of the molecule is C=C(C(N)=O)C(CC1CCC1)NC(=C)C1[C@H]2CC[C@H]2CN1C=O. The van der Waals surface area contributed by atoms with Crippen molar-refractivity contribution in [1.29, 1.82) is 0 Å². The smallest absolute Gasteiger partial charge is 0.246 e. The number of primary amides is 1. The van der Waals surface area contributed by atoms with Gasteiger partial charge in [0.05, 0.1) is 12.1 Å². The second-order valence-electron chi connectivity index (χ2n) is 7.39. The molecule has 1 saturated heterocycles. The molecule has 0 aromatic rings. The lowest BCUT2D eigenvalue weighted by atomic mass is 9.72. The number of likely N-dealkylation sites (tertiary alicyclic amines) is 1. The fourth-order valence-corrected chi connectivity index (χ4v) is 4.27. The van der Waals surface area contributed by atoms with E-state index in [1.807, 2.05) is 4.90 Å². The average molecular weight is 317 g/mol. The predicted molar refractivity (Wildman–Crippen MR) is 89.1 cm³/mol. The van der Waals surface area contributed by atoms with E-state index in [0.29, 0.717) is 23.3 Å². The second kappa shape index (κ2) is 6.38. The van der Waals surface area contributed by atoms with Crippen molar-refractivity contribution in [2.45, 2.75) is 50.6 Å². The van der Waals surface area contributed by atoms with Crippen LogP contribution in [0, 0.1) is 17.8 Å². The molecule has 3 rings (SSSR count). The highest BCUT2D eigenvalue weighted by Gasteiger charge is 2.48. The van der Waals surface area contributed by atoms with Gasteiger partial charge in [0, 0.05) is 17.8 Å². The molecule has 3 N–H and O–H groups in total. The van der Waals surface area contributed by atoms with E-state index in [-0.39, 0.29) is 12.1 Å². The van der Waals surface area contributed by atoms with Crippen molar-refractivity contribution in [1.82, 2.24) is 10.2 Å². The number of nitrogens with one attached hydrogen (secondary N) is 1. The van der Waals surface area contributed by atoms with Gasteiger partial charge < -0.3 is 16.0 Å². The number of hydrogen-bond acceptors (Lipinski definition) is 3. The van der Waals surface area contributed by atoms with Gasteiger partial charge in [-0.05, 0) is 37.0 Å². The topological polar surface area (TPSA) is 75.4 Å². The molecule has 1 aliphatic heterocycles. The van der Waals surface area contributed by atoms with E-state index in [4.69, 9.17) is 5.73 Å². The summed E-state index contributed by atoms with van der Waals surface area (Å²) in [5.41, 5.74) is 6.69. The quantitative estimate of drug-likeness (QED) is 0.527. The summed E-state index contributed by atoms with van der Waals surface area (Å²) >= 11 is 0. The molecule has 1 heterocycles. The summed E-state index contributed by atoms with van der Waals surface area (Å²) in [6.45, 7) is 8.88. The number of rotatable bonds is 8. The van der Waals surface area contributed by atoms with E-state index in [9.17, 15) is 9.59 Å². The Morgan fingerprint density at radius 3 is 2.52 bits per heavy atom. The van der Waals surface area contributed by atoms with Crippen LogP contribution in [0.1, 0.15) is 38.5 Å². The van der Waals surface area contributed by atoms with Crippen molar-refractivity contribution >= 4 is 12.3 Å². The summed E-state index contributed by atoms with van der Waals surface area (Å²) in [6, 6.07) is -0.131. The monoisotopic (exact) mass is 317 g/mol. The summed E-state index contributed by atoms with van der Waals surface area (Å²) < 4.78 is 0. The molecule has 5 nitrogen and oxygen atoms in total. The van der Waals surface area contributed by atoms with Gasteiger partial charge in [-0.2, -0.15) is 0 Å². The first-order valence-electron chi connectivity index (χ1n) is 8.66. The van der Waals surface area contributed by atoms with Crippen LogP contribution in [0.15, 0.2) is 24.4 Å². The normalized spacial score (nSPS) is 30.6. The minimum Gasteiger partial charge on any atom is -0.380 e. The van der Waals surface area contributed by atoms with Crippen LogP contribution in [-0.4, -0.2) is 35.8 Å².